The summed E-state index contributed by atoms with van der Waals surface area (Å²) in [4.78, 5) is 0. The Bertz CT molecular complexity index is 547. The maximum atomic E-state index is 5.97. The van der Waals surface area contributed by atoms with Crippen LogP contribution in [0.2, 0.25) is 0 Å². The molecule has 0 radical (unpaired) electrons. The lowest BCUT2D eigenvalue weighted by Gasteiger charge is -2.13. The molecule has 2 N–H and O–H groups in total. The Kier molecular flexibility index (Phi) is 3.07. The van der Waals surface area contributed by atoms with E-state index in [0.29, 0.717) is 12.5 Å². The molecule has 0 spiro atoms. The second-order valence-electron chi connectivity index (χ2n) is 4.74. The lowest BCUT2D eigenvalue weighted by atomic mass is 10.1. The minimum Gasteiger partial charge on any atom is -0.493 e. The van der Waals surface area contributed by atoms with E-state index in [4.69, 9.17) is 15.2 Å². The molecule has 1 fully saturated rings. The van der Waals surface area contributed by atoms with Crippen LogP contribution in [-0.4, -0.2) is 19.8 Å². The molecule has 94 valence electrons. The van der Waals surface area contributed by atoms with Crippen LogP contribution in [0.25, 0.3) is 10.8 Å². The second kappa shape index (κ2) is 4.86. The van der Waals surface area contributed by atoms with Gasteiger partial charge in [0, 0.05) is 29.0 Å². The van der Waals surface area contributed by atoms with Crippen molar-refractivity contribution in [2.45, 2.75) is 6.42 Å². The molecule has 1 saturated heterocycles. The van der Waals surface area contributed by atoms with E-state index in [0.717, 1.165) is 41.8 Å². The Hall–Kier alpha value is -1.74. The molecule has 1 unspecified atom stereocenters. The van der Waals surface area contributed by atoms with Crippen LogP contribution in [0, 0.1) is 5.92 Å². The molecule has 3 heteroatoms. The standard InChI is InChI=1S/C15H17NO2/c16-14-5-6-15(13-4-2-1-3-12(13)14)18-10-11-7-8-17-9-11/h1-6,11H,7-10,16H2. The van der Waals surface area contributed by atoms with E-state index in [2.05, 4.69) is 0 Å². The van der Waals surface area contributed by atoms with Crippen LogP contribution in [0.1, 0.15) is 6.42 Å². The van der Waals surface area contributed by atoms with Crippen molar-refractivity contribution in [3.8, 4) is 5.75 Å². The Morgan fingerprint density at radius 3 is 2.78 bits per heavy atom. The third kappa shape index (κ3) is 2.14. The topological polar surface area (TPSA) is 44.5 Å². The highest BCUT2D eigenvalue weighted by Gasteiger charge is 2.16. The first-order valence-electron chi connectivity index (χ1n) is 6.32. The Morgan fingerprint density at radius 1 is 1.17 bits per heavy atom. The molecule has 3 rings (SSSR count). The van der Waals surface area contributed by atoms with Crippen LogP contribution in [0.15, 0.2) is 36.4 Å². The molecule has 1 heterocycles. The van der Waals surface area contributed by atoms with E-state index < -0.39 is 0 Å². The van der Waals surface area contributed by atoms with Crippen LogP contribution in [0.5, 0.6) is 5.75 Å². The molecule has 2 aromatic carbocycles. The van der Waals surface area contributed by atoms with E-state index in [9.17, 15) is 0 Å². The predicted molar refractivity (Wildman–Crippen MR) is 72.8 cm³/mol. The van der Waals surface area contributed by atoms with E-state index in [-0.39, 0.29) is 0 Å². The van der Waals surface area contributed by atoms with Gasteiger partial charge in [-0.15, -0.1) is 0 Å². The maximum absolute atomic E-state index is 5.97. The first-order chi connectivity index (χ1) is 8.84. The van der Waals surface area contributed by atoms with Crippen molar-refractivity contribution in [3.05, 3.63) is 36.4 Å². The molecule has 3 nitrogen and oxygen atoms in total. The largest absolute Gasteiger partial charge is 0.493 e. The fraction of sp³-hybridized carbons (Fsp3) is 0.333. The van der Waals surface area contributed by atoms with Gasteiger partial charge in [0.1, 0.15) is 5.75 Å². The molecule has 0 aliphatic carbocycles. The highest BCUT2D eigenvalue weighted by Crippen LogP contribution is 2.30. The Morgan fingerprint density at radius 2 is 2.00 bits per heavy atom. The summed E-state index contributed by atoms with van der Waals surface area (Å²) in [5, 5.41) is 2.13. The van der Waals surface area contributed by atoms with E-state index in [1.165, 1.54) is 0 Å². The monoisotopic (exact) mass is 243 g/mol. The predicted octanol–water partition coefficient (Wildman–Crippen LogP) is 2.84. The molecular weight excluding hydrogens is 226 g/mol. The smallest absolute Gasteiger partial charge is 0.127 e. The Labute approximate surface area is 106 Å². The zero-order valence-corrected chi connectivity index (χ0v) is 10.3. The van der Waals surface area contributed by atoms with Crippen molar-refractivity contribution in [1.82, 2.24) is 0 Å². The van der Waals surface area contributed by atoms with Gasteiger partial charge in [-0.25, -0.2) is 0 Å². The second-order valence-corrected chi connectivity index (χ2v) is 4.74. The SMILES string of the molecule is Nc1ccc(OCC2CCOC2)c2ccccc12. The zero-order chi connectivity index (χ0) is 12.4. The van der Waals surface area contributed by atoms with Crippen LogP contribution >= 0.6 is 0 Å². The fourth-order valence-electron chi connectivity index (χ4n) is 2.34. The average molecular weight is 243 g/mol. The van der Waals surface area contributed by atoms with E-state index in [1.807, 2.05) is 36.4 Å². The number of rotatable bonds is 3. The van der Waals surface area contributed by atoms with Crippen molar-refractivity contribution in [2.75, 3.05) is 25.6 Å². The van der Waals surface area contributed by atoms with Gasteiger partial charge in [-0.2, -0.15) is 0 Å². The van der Waals surface area contributed by atoms with Gasteiger partial charge in [-0.1, -0.05) is 24.3 Å². The summed E-state index contributed by atoms with van der Waals surface area (Å²) < 4.78 is 11.3. The number of benzene rings is 2. The Balaban J connectivity index is 1.85. The maximum Gasteiger partial charge on any atom is 0.127 e. The molecule has 0 bridgehead atoms. The number of anilines is 1. The molecule has 1 aliphatic heterocycles. The molecular formula is C15H17NO2. The molecule has 18 heavy (non-hydrogen) atoms. The van der Waals surface area contributed by atoms with Gasteiger partial charge in [-0.05, 0) is 18.6 Å². The summed E-state index contributed by atoms with van der Waals surface area (Å²) in [5.74, 6) is 1.42. The number of hydrogen-bond donors (Lipinski definition) is 1. The first kappa shape index (κ1) is 11.4. The van der Waals surface area contributed by atoms with Gasteiger partial charge in [0.2, 0.25) is 0 Å². The summed E-state index contributed by atoms with van der Waals surface area (Å²) in [5.41, 5.74) is 6.76. The molecule has 1 atom stereocenters. The van der Waals surface area contributed by atoms with Gasteiger partial charge in [0.15, 0.2) is 0 Å². The summed E-state index contributed by atoms with van der Waals surface area (Å²) >= 11 is 0. The lowest BCUT2D eigenvalue weighted by molar-refractivity contribution is 0.167. The molecule has 0 aromatic heterocycles. The number of hydrogen-bond acceptors (Lipinski definition) is 3. The van der Waals surface area contributed by atoms with E-state index >= 15 is 0 Å². The fourth-order valence-corrected chi connectivity index (χ4v) is 2.34. The van der Waals surface area contributed by atoms with Crippen molar-refractivity contribution in [2.24, 2.45) is 5.92 Å². The number of ether oxygens (including phenoxy) is 2. The van der Waals surface area contributed by atoms with E-state index in [1.54, 1.807) is 0 Å². The minimum atomic E-state index is 0.515. The summed E-state index contributed by atoms with van der Waals surface area (Å²) in [6.45, 7) is 2.39. The molecule has 2 aromatic rings. The summed E-state index contributed by atoms with van der Waals surface area (Å²) in [6, 6.07) is 11.9. The van der Waals surface area contributed by atoms with Crippen LogP contribution in [0.4, 0.5) is 5.69 Å². The van der Waals surface area contributed by atoms with Gasteiger partial charge >= 0.3 is 0 Å². The van der Waals surface area contributed by atoms with Gasteiger partial charge in [0.25, 0.3) is 0 Å². The molecule has 0 amide bonds. The van der Waals surface area contributed by atoms with Crippen molar-refractivity contribution >= 4 is 16.5 Å². The lowest BCUT2D eigenvalue weighted by Crippen LogP contribution is -2.11. The van der Waals surface area contributed by atoms with Gasteiger partial charge in [-0.3, -0.25) is 0 Å². The molecule has 1 aliphatic rings. The zero-order valence-electron chi connectivity index (χ0n) is 10.3. The van der Waals surface area contributed by atoms with Crippen LogP contribution in [-0.2, 0) is 4.74 Å². The van der Waals surface area contributed by atoms with Gasteiger partial charge in [0.05, 0.1) is 13.2 Å². The normalized spacial score (nSPS) is 19.2. The van der Waals surface area contributed by atoms with Crippen molar-refractivity contribution in [3.63, 3.8) is 0 Å². The quantitative estimate of drug-likeness (QED) is 0.843. The summed E-state index contributed by atoms with van der Waals surface area (Å²) in [6.07, 6.45) is 1.09. The van der Waals surface area contributed by atoms with Crippen molar-refractivity contribution in [1.29, 1.82) is 0 Å². The third-order valence-electron chi connectivity index (χ3n) is 3.42. The van der Waals surface area contributed by atoms with Crippen LogP contribution in [0.3, 0.4) is 0 Å². The number of nitrogens with two attached hydrogens (primary N) is 1. The average Bonchev–Trinajstić information content (AvgIpc) is 2.92. The highest BCUT2D eigenvalue weighted by atomic mass is 16.5. The number of fused-ring (bicyclic) bond motifs is 1. The highest BCUT2D eigenvalue weighted by molar-refractivity contribution is 5.96. The first-order valence-corrected chi connectivity index (χ1v) is 6.32. The summed E-state index contributed by atoms with van der Waals surface area (Å²) in [7, 11) is 0. The van der Waals surface area contributed by atoms with Crippen LogP contribution < -0.4 is 10.5 Å². The number of nitrogen functional groups attached to an aromatic ring is 1. The molecule has 0 saturated carbocycles. The third-order valence-corrected chi connectivity index (χ3v) is 3.42. The minimum absolute atomic E-state index is 0.515. The van der Waals surface area contributed by atoms with Gasteiger partial charge < -0.3 is 15.2 Å². The van der Waals surface area contributed by atoms with Crippen molar-refractivity contribution < 1.29 is 9.47 Å².